The summed E-state index contributed by atoms with van der Waals surface area (Å²) in [6.07, 6.45) is 2.30. The molecule has 1 aromatic rings. The largest absolute Gasteiger partial charge is 0.534 e. The Morgan fingerprint density at radius 1 is 1.27 bits per heavy atom. The molecule has 0 bridgehead atoms. The first-order chi connectivity index (χ1) is 10.3. The quantitative estimate of drug-likeness (QED) is 0.354. The maximum Gasteiger partial charge on any atom is 0.534 e. The molecule has 120 valence electrons. The lowest BCUT2D eigenvalue weighted by Gasteiger charge is -2.11. The maximum atomic E-state index is 12.3. The standard InChI is InChI=1S/C15H15F3O3S/c1-2-3-11-14(21-22(19,20)15(16,17)18)12-7-10-13-8-5-4-6-9-13/h4-6,8-9,12H,2-3,11H2,1H3/b14-12+. The Balaban J connectivity index is 2.94. The second-order valence-electron chi connectivity index (χ2n) is 4.33. The molecule has 0 fully saturated rings. The topological polar surface area (TPSA) is 43.4 Å². The smallest absolute Gasteiger partial charge is 0.380 e. The summed E-state index contributed by atoms with van der Waals surface area (Å²) in [6, 6.07) is 8.76. The van der Waals surface area contributed by atoms with E-state index in [9.17, 15) is 21.6 Å². The van der Waals surface area contributed by atoms with Gasteiger partial charge in [-0.2, -0.15) is 21.6 Å². The Labute approximate surface area is 127 Å². The molecule has 0 saturated heterocycles. The first-order valence-corrected chi connectivity index (χ1v) is 7.93. The molecule has 1 aromatic carbocycles. The van der Waals surface area contributed by atoms with E-state index in [0.29, 0.717) is 18.4 Å². The van der Waals surface area contributed by atoms with E-state index in [1.165, 1.54) is 0 Å². The van der Waals surface area contributed by atoms with Crippen LogP contribution in [0.4, 0.5) is 13.2 Å². The van der Waals surface area contributed by atoms with Crippen LogP contribution in [0.1, 0.15) is 31.7 Å². The number of allylic oxidation sites excluding steroid dienone is 2. The van der Waals surface area contributed by atoms with Gasteiger partial charge in [-0.1, -0.05) is 43.4 Å². The zero-order valence-electron chi connectivity index (χ0n) is 11.9. The molecule has 0 radical (unpaired) electrons. The van der Waals surface area contributed by atoms with E-state index < -0.39 is 15.6 Å². The monoisotopic (exact) mass is 332 g/mol. The Morgan fingerprint density at radius 3 is 2.45 bits per heavy atom. The van der Waals surface area contributed by atoms with E-state index in [0.717, 1.165) is 6.08 Å². The molecule has 0 unspecified atom stereocenters. The van der Waals surface area contributed by atoms with Crippen molar-refractivity contribution in [3.05, 3.63) is 47.7 Å². The number of unbranched alkanes of at least 4 members (excludes halogenated alkanes) is 1. The minimum absolute atomic E-state index is 0.0648. The molecular formula is C15H15F3O3S. The van der Waals surface area contributed by atoms with Gasteiger partial charge in [0.05, 0.1) is 0 Å². The van der Waals surface area contributed by atoms with Crippen molar-refractivity contribution in [3.63, 3.8) is 0 Å². The van der Waals surface area contributed by atoms with Crippen molar-refractivity contribution in [2.24, 2.45) is 0 Å². The molecule has 0 aliphatic carbocycles. The molecule has 0 amide bonds. The lowest BCUT2D eigenvalue weighted by molar-refractivity contribution is -0.0523. The Bertz CT molecular complexity index is 665. The zero-order valence-corrected chi connectivity index (χ0v) is 12.7. The molecular weight excluding hydrogens is 317 g/mol. The Kier molecular flexibility index (Phi) is 6.50. The molecule has 0 N–H and O–H groups in total. The summed E-state index contributed by atoms with van der Waals surface area (Å²) in [5, 5.41) is 0. The lowest BCUT2D eigenvalue weighted by Crippen LogP contribution is -2.25. The van der Waals surface area contributed by atoms with E-state index in [-0.39, 0.29) is 12.2 Å². The number of benzene rings is 1. The summed E-state index contributed by atoms with van der Waals surface area (Å²) in [5.74, 6) is 4.89. The average Bonchev–Trinajstić information content (AvgIpc) is 2.44. The molecule has 22 heavy (non-hydrogen) atoms. The number of alkyl halides is 3. The molecule has 0 aliphatic heterocycles. The summed E-state index contributed by atoms with van der Waals surface area (Å²) in [6.45, 7) is 1.82. The van der Waals surface area contributed by atoms with Crippen molar-refractivity contribution < 1.29 is 25.8 Å². The van der Waals surface area contributed by atoms with Crippen molar-refractivity contribution >= 4 is 10.1 Å². The van der Waals surface area contributed by atoms with Crippen LogP contribution in [0.5, 0.6) is 0 Å². The summed E-state index contributed by atoms with van der Waals surface area (Å²) in [5.41, 5.74) is -4.79. The van der Waals surface area contributed by atoms with Gasteiger partial charge in [0.25, 0.3) is 0 Å². The molecule has 3 nitrogen and oxygen atoms in total. The van der Waals surface area contributed by atoms with E-state index in [4.69, 9.17) is 0 Å². The highest BCUT2D eigenvalue weighted by molar-refractivity contribution is 7.87. The first-order valence-electron chi connectivity index (χ1n) is 6.52. The Morgan fingerprint density at radius 2 is 1.91 bits per heavy atom. The lowest BCUT2D eigenvalue weighted by atomic mass is 10.2. The highest BCUT2D eigenvalue weighted by Crippen LogP contribution is 2.27. The van der Waals surface area contributed by atoms with Crippen molar-refractivity contribution in [2.75, 3.05) is 0 Å². The van der Waals surface area contributed by atoms with E-state index in [2.05, 4.69) is 16.0 Å². The SMILES string of the molecule is CCCC/C(=C\C#Cc1ccccc1)OS(=O)(=O)C(F)(F)F. The molecule has 0 spiro atoms. The number of halogens is 3. The van der Waals surface area contributed by atoms with Gasteiger partial charge in [-0.15, -0.1) is 0 Å². The minimum Gasteiger partial charge on any atom is -0.380 e. The average molecular weight is 332 g/mol. The zero-order chi connectivity index (χ0) is 16.6. The molecule has 0 atom stereocenters. The highest BCUT2D eigenvalue weighted by atomic mass is 32.2. The van der Waals surface area contributed by atoms with E-state index >= 15 is 0 Å². The fraction of sp³-hybridized carbons (Fsp3) is 0.333. The van der Waals surface area contributed by atoms with Gasteiger partial charge in [-0.25, -0.2) is 0 Å². The van der Waals surface area contributed by atoms with E-state index in [1.807, 2.05) is 6.92 Å². The third-order valence-electron chi connectivity index (χ3n) is 2.50. The highest BCUT2D eigenvalue weighted by Gasteiger charge is 2.48. The fourth-order valence-electron chi connectivity index (χ4n) is 1.40. The summed E-state index contributed by atoms with van der Waals surface area (Å²) in [4.78, 5) is 0. The second-order valence-corrected chi connectivity index (χ2v) is 5.87. The maximum absolute atomic E-state index is 12.3. The number of hydrogen-bond acceptors (Lipinski definition) is 3. The van der Waals surface area contributed by atoms with Crippen LogP contribution in [0.25, 0.3) is 0 Å². The molecule has 0 aromatic heterocycles. The predicted molar refractivity (Wildman–Crippen MR) is 77.0 cm³/mol. The molecule has 0 heterocycles. The summed E-state index contributed by atoms with van der Waals surface area (Å²) in [7, 11) is -5.66. The van der Waals surface area contributed by atoms with Gasteiger partial charge in [-0.05, 0) is 18.6 Å². The molecule has 0 aliphatic rings. The predicted octanol–water partition coefficient (Wildman–Crippen LogP) is 3.98. The normalized spacial score (nSPS) is 12.5. The van der Waals surface area contributed by atoms with Gasteiger partial charge in [-0.3, -0.25) is 0 Å². The Hall–Kier alpha value is -1.94. The van der Waals surface area contributed by atoms with Gasteiger partial charge in [0.15, 0.2) is 0 Å². The third kappa shape index (κ3) is 5.82. The van der Waals surface area contributed by atoms with Crippen molar-refractivity contribution in [2.45, 2.75) is 31.7 Å². The number of rotatable bonds is 5. The third-order valence-corrected chi connectivity index (χ3v) is 3.50. The van der Waals surface area contributed by atoms with Crippen LogP contribution < -0.4 is 0 Å². The van der Waals surface area contributed by atoms with Crippen molar-refractivity contribution in [3.8, 4) is 11.8 Å². The molecule has 1 rings (SSSR count). The van der Waals surface area contributed by atoms with Crippen molar-refractivity contribution in [1.29, 1.82) is 0 Å². The van der Waals surface area contributed by atoms with Crippen LogP contribution in [-0.2, 0) is 14.3 Å². The van der Waals surface area contributed by atoms with Gasteiger partial charge >= 0.3 is 15.6 Å². The second kappa shape index (κ2) is 7.90. The van der Waals surface area contributed by atoms with Crippen LogP contribution >= 0.6 is 0 Å². The molecule has 7 heteroatoms. The van der Waals surface area contributed by atoms with Gasteiger partial charge in [0.1, 0.15) is 5.76 Å². The van der Waals surface area contributed by atoms with Crippen LogP contribution in [0.2, 0.25) is 0 Å². The summed E-state index contributed by atoms with van der Waals surface area (Å²) >= 11 is 0. The van der Waals surface area contributed by atoms with Gasteiger partial charge < -0.3 is 4.18 Å². The molecule has 0 saturated carbocycles. The minimum atomic E-state index is -5.66. The van der Waals surface area contributed by atoms with Crippen LogP contribution in [0.15, 0.2) is 42.2 Å². The first kappa shape index (κ1) is 18.1. The van der Waals surface area contributed by atoms with E-state index in [1.54, 1.807) is 30.3 Å². The van der Waals surface area contributed by atoms with Crippen LogP contribution in [-0.4, -0.2) is 13.9 Å². The van der Waals surface area contributed by atoms with Crippen LogP contribution in [0.3, 0.4) is 0 Å². The fourth-order valence-corrected chi connectivity index (χ4v) is 1.91. The van der Waals surface area contributed by atoms with Gasteiger partial charge in [0, 0.05) is 18.1 Å². The number of hydrogen-bond donors (Lipinski definition) is 0. The van der Waals surface area contributed by atoms with Crippen LogP contribution in [0, 0.1) is 11.8 Å². The van der Waals surface area contributed by atoms with Gasteiger partial charge in [0.2, 0.25) is 0 Å². The summed E-state index contributed by atoms with van der Waals surface area (Å²) < 4.78 is 63.2. The van der Waals surface area contributed by atoms with Crippen molar-refractivity contribution in [1.82, 2.24) is 0 Å².